The van der Waals surface area contributed by atoms with Crippen LogP contribution in [0.5, 0.6) is 0 Å². The Morgan fingerprint density at radius 3 is 2.60 bits per heavy atom. The molecule has 1 saturated heterocycles. The first-order chi connectivity index (χ1) is 17.1. The predicted octanol–water partition coefficient (Wildman–Crippen LogP) is 4.47. The molecule has 2 heterocycles. The lowest BCUT2D eigenvalue weighted by Gasteiger charge is -2.14. The van der Waals surface area contributed by atoms with E-state index in [1.165, 1.54) is 24.5 Å². The molecule has 0 spiro atoms. The number of hydrogen-bond acceptors (Lipinski definition) is 8. The second-order valence-electron chi connectivity index (χ2n) is 7.63. The second kappa shape index (κ2) is 16.3. The van der Waals surface area contributed by atoms with Crippen molar-refractivity contribution in [1.29, 1.82) is 0 Å². The molecule has 0 atom stereocenters. The van der Waals surface area contributed by atoms with E-state index in [-0.39, 0.29) is 12.6 Å². The normalized spacial score (nSPS) is 13.8. The molecular formula is C27H32N2O6. The molecule has 1 aromatic heterocycles. The highest BCUT2D eigenvalue weighted by atomic mass is 17.6. The minimum atomic E-state index is -0.349. The van der Waals surface area contributed by atoms with Crippen molar-refractivity contribution in [1.82, 2.24) is 9.88 Å². The Bertz CT molecular complexity index is 1010. The number of nitrogens with zero attached hydrogens (tertiary/aromatic N) is 2. The number of ether oxygens (including phenoxy) is 1. The van der Waals surface area contributed by atoms with Crippen LogP contribution < -0.4 is 0 Å². The van der Waals surface area contributed by atoms with Crippen LogP contribution in [0.15, 0.2) is 54.6 Å². The van der Waals surface area contributed by atoms with Gasteiger partial charge >= 0.3 is 5.97 Å². The van der Waals surface area contributed by atoms with Crippen molar-refractivity contribution >= 4 is 17.6 Å². The summed E-state index contributed by atoms with van der Waals surface area (Å²) in [4.78, 5) is 22.7. The van der Waals surface area contributed by atoms with Crippen LogP contribution in [-0.2, 0) is 24.5 Å². The fraction of sp³-hybridized carbons (Fsp3) is 0.333. The van der Waals surface area contributed by atoms with Crippen molar-refractivity contribution in [3.8, 4) is 12.3 Å². The average Bonchev–Trinajstić information content (AvgIpc) is 3.39. The molecule has 0 unspecified atom stereocenters. The number of aromatic nitrogens is 1. The molecule has 0 aliphatic carbocycles. The largest absolute Gasteiger partial charge is 0.463 e. The molecule has 35 heavy (non-hydrogen) atoms. The summed E-state index contributed by atoms with van der Waals surface area (Å²) in [5.74, 6) is 1.72. The predicted molar refractivity (Wildman–Crippen MR) is 133 cm³/mol. The number of benzene rings is 1. The van der Waals surface area contributed by atoms with Gasteiger partial charge in [-0.25, -0.2) is 15.0 Å². The van der Waals surface area contributed by atoms with Crippen molar-refractivity contribution in [2.45, 2.75) is 26.7 Å². The van der Waals surface area contributed by atoms with Crippen molar-refractivity contribution in [3.63, 3.8) is 0 Å². The number of carbonyl (C=O) groups is 1. The SMILES string of the molecule is C#CCOOOO.CCOC(=O)/C=C/c1cccc(/C(=C\CN2CCCC2)c2ccc(C)cc2)n1. The Labute approximate surface area is 206 Å². The first-order valence-corrected chi connectivity index (χ1v) is 11.4. The van der Waals surface area contributed by atoms with Gasteiger partial charge in [-0.05, 0) is 73.6 Å². The summed E-state index contributed by atoms with van der Waals surface area (Å²) in [6, 6.07) is 14.4. The van der Waals surface area contributed by atoms with E-state index >= 15 is 0 Å². The zero-order chi connectivity index (χ0) is 25.3. The Balaban J connectivity index is 0.000000540. The third-order valence-electron chi connectivity index (χ3n) is 5.06. The number of aryl methyl sites for hydroxylation is 1. The number of carbonyl (C=O) groups excluding carboxylic acids is 1. The fourth-order valence-corrected chi connectivity index (χ4v) is 3.41. The second-order valence-corrected chi connectivity index (χ2v) is 7.63. The Kier molecular flexibility index (Phi) is 13.0. The summed E-state index contributed by atoms with van der Waals surface area (Å²) < 4.78 is 4.95. The van der Waals surface area contributed by atoms with Crippen molar-refractivity contribution in [3.05, 3.63) is 77.1 Å². The van der Waals surface area contributed by atoms with Gasteiger partial charge in [-0.15, -0.1) is 6.42 Å². The van der Waals surface area contributed by atoms with Gasteiger partial charge in [-0.2, -0.15) is 4.89 Å². The van der Waals surface area contributed by atoms with Gasteiger partial charge in [-0.3, -0.25) is 4.90 Å². The molecule has 0 amide bonds. The molecular weight excluding hydrogens is 448 g/mol. The summed E-state index contributed by atoms with van der Waals surface area (Å²) in [6.07, 6.45) is 12.6. The number of hydrogen-bond donors (Lipinski definition) is 1. The molecule has 0 radical (unpaired) electrons. The third kappa shape index (κ3) is 10.6. The van der Waals surface area contributed by atoms with Crippen LogP contribution >= 0.6 is 0 Å². The smallest absolute Gasteiger partial charge is 0.330 e. The quantitative estimate of drug-likeness (QED) is 0.133. The van der Waals surface area contributed by atoms with E-state index in [0.29, 0.717) is 6.61 Å². The number of pyridine rings is 1. The number of esters is 1. The first kappa shape index (κ1) is 27.9. The molecule has 8 nitrogen and oxygen atoms in total. The van der Waals surface area contributed by atoms with Crippen LogP contribution in [0.2, 0.25) is 0 Å². The Morgan fingerprint density at radius 1 is 1.20 bits per heavy atom. The monoisotopic (exact) mass is 480 g/mol. The van der Waals surface area contributed by atoms with Gasteiger partial charge in [0.2, 0.25) is 0 Å². The molecule has 0 bridgehead atoms. The maximum atomic E-state index is 11.6. The molecule has 186 valence electrons. The summed E-state index contributed by atoms with van der Waals surface area (Å²) in [7, 11) is 0. The summed E-state index contributed by atoms with van der Waals surface area (Å²) in [5, 5.41) is 13.9. The summed E-state index contributed by atoms with van der Waals surface area (Å²) in [5.41, 5.74) is 5.17. The van der Waals surface area contributed by atoms with Gasteiger partial charge in [0.25, 0.3) is 0 Å². The minimum Gasteiger partial charge on any atom is -0.463 e. The lowest BCUT2D eigenvalue weighted by atomic mass is 10.00. The topological polar surface area (TPSA) is 90.3 Å². The van der Waals surface area contributed by atoms with E-state index in [1.54, 1.807) is 13.0 Å². The fourth-order valence-electron chi connectivity index (χ4n) is 3.41. The highest BCUT2D eigenvalue weighted by Gasteiger charge is 2.12. The van der Waals surface area contributed by atoms with Crippen molar-refractivity contribution in [2.75, 3.05) is 32.8 Å². The average molecular weight is 481 g/mol. The third-order valence-corrected chi connectivity index (χ3v) is 5.06. The van der Waals surface area contributed by atoms with Gasteiger partial charge in [0.15, 0.2) is 0 Å². The van der Waals surface area contributed by atoms with E-state index in [9.17, 15) is 4.79 Å². The van der Waals surface area contributed by atoms with Crippen molar-refractivity contribution < 1.29 is 29.8 Å². The lowest BCUT2D eigenvalue weighted by Crippen LogP contribution is -2.19. The zero-order valence-corrected chi connectivity index (χ0v) is 20.2. The molecule has 1 aliphatic rings. The molecule has 1 aromatic carbocycles. The summed E-state index contributed by atoms with van der Waals surface area (Å²) in [6.45, 7) is 7.45. The Morgan fingerprint density at radius 2 is 1.94 bits per heavy atom. The van der Waals surface area contributed by atoms with Crippen LogP contribution in [0, 0.1) is 19.3 Å². The minimum absolute atomic E-state index is 0.0550. The summed E-state index contributed by atoms with van der Waals surface area (Å²) >= 11 is 0. The maximum absolute atomic E-state index is 11.6. The van der Waals surface area contributed by atoms with Gasteiger partial charge in [0.05, 0.1) is 18.0 Å². The van der Waals surface area contributed by atoms with Crippen LogP contribution in [-0.4, -0.2) is 54.0 Å². The number of likely N-dealkylation sites (tertiary alicyclic amines) is 1. The standard InChI is InChI=1S/C24H28N2O2.C3H4O4/c1-3-28-24(27)14-13-21-7-6-8-23(25-21)22(15-18-26-16-4-5-17-26)20-11-9-19(2)10-12-20;1-2-3-5-7-6-4/h6-15H,3-5,16-18H2,1-2H3;1,4H,3H2/b14-13+,22-15-;. The molecule has 1 aliphatic heterocycles. The van der Waals surface area contributed by atoms with Crippen molar-refractivity contribution in [2.24, 2.45) is 0 Å². The van der Waals surface area contributed by atoms with E-state index in [4.69, 9.17) is 15.0 Å². The lowest BCUT2D eigenvalue weighted by molar-refractivity contribution is -0.620. The van der Waals surface area contributed by atoms with E-state index in [1.807, 2.05) is 18.2 Å². The molecule has 1 N–H and O–H groups in total. The molecule has 0 saturated carbocycles. The van der Waals surface area contributed by atoms with E-state index < -0.39 is 0 Å². The molecule has 8 heteroatoms. The van der Waals surface area contributed by atoms with Crippen LogP contribution in [0.25, 0.3) is 11.6 Å². The van der Waals surface area contributed by atoms with Crippen LogP contribution in [0.1, 0.15) is 42.3 Å². The molecule has 1 fully saturated rings. The maximum Gasteiger partial charge on any atom is 0.330 e. The van der Waals surface area contributed by atoms with Gasteiger partial charge in [0, 0.05) is 18.2 Å². The highest BCUT2D eigenvalue weighted by molar-refractivity contribution is 5.87. The van der Waals surface area contributed by atoms with Gasteiger partial charge < -0.3 is 4.74 Å². The zero-order valence-electron chi connectivity index (χ0n) is 20.2. The van der Waals surface area contributed by atoms with E-state index in [2.05, 4.69) is 69.5 Å². The highest BCUT2D eigenvalue weighted by Crippen LogP contribution is 2.23. The van der Waals surface area contributed by atoms with E-state index in [0.717, 1.165) is 42.2 Å². The first-order valence-electron chi connectivity index (χ1n) is 11.4. The Hall–Kier alpha value is -3.32. The molecule has 3 rings (SSSR count). The van der Waals surface area contributed by atoms with Gasteiger partial charge in [0.1, 0.15) is 6.61 Å². The number of terminal acetylenes is 1. The number of rotatable bonds is 10. The van der Waals surface area contributed by atoms with Crippen LogP contribution in [0.4, 0.5) is 0 Å². The van der Waals surface area contributed by atoms with Gasteiger partial charge in [-0.1, -0.05) is 47.9 Å². The van der Waals surface area contributed by atoms with Crippen LogP contribution in [0.3, 0.4) is 0 Å². The molecule has 2 aromatic rings.